The Kier molecular flexibility index (Phi) is 3.30. The third kappa shape index (κ3) is 2.67. The fraction of sp³-hybridized carbons (Fsp3) is 0. The highest BCUT2D eigenvalue weighted by Crippen LogP contribution is 2.22. The molecule has 3 rings (SSSR count). The molecule has 1 aromatic heterocycles. The molecule has 1 nitrogen and oxygen atoms in total. The number of hydrogen-bond donors (Lipinski definition) is 0. The molecule has 0 radical (unpaired) electrons. The highest BCUT2D eigenvalue weighted by atomic mass is 35.5. The van der Waals surface area contributed by atoms with Crippen molar-refractivity contribution in [3.63, 3.8) is 0 Å². The molecule has 3 aromatic rings. The number of aromatic nitrogens is 1. The molecule has 0 amide bonds. The van der Waals surface area contributed by atoms with Gasteiger partial charge in [-0.05, 0) is 29.3 Å². The maximum absolute atomic E-state index is 5.99. The molecule has 19 heavy (non-hydrogen) atoms. The Bertz CT molecular complexity index is 733. The van der Waals surface area contributed by atoms with E-state index in [2.05, 4.69) is 29.3 Å². The molecule has 0 saturated heterocycles. The van der Waals surface area contributed by atoms with Crippen LogP contribution in [-0.2, 0) is 0 Å². The van der Waals surface area contributed by atoms with Crippen LogP contribution in [0.15, 0.2) is 60.8 Å². The Labute approximate surface area is 117 Å². The van der Waals surface area contributed by atoms with Gasteiger partial charge in [0.15, 0.2) is 0 Å². The van der Waals surface area contributed by atoms with Crippen molar-refractivity contribution in [2.75, 3.05) is 0 Å². The Morgan fingerprint density at radius 2 is 1.74 bits per heavy atom. The van der Waals surface area contributed by atoms with Gasteiger partial charge in [0.1, 0.15) is 0 Å². The van der Waals surface area contributed by atoms with E-state index in [1.54, 1.807) is 0 Å². The van der Waals surface area contributed by atoms with E-state index in [0.29, 0.717) is 5.02 Å². The van der Waals surface area contributed by atoms with E-state index >= 15 is 0 Å². The fourth-order valence-electron chi connectivity index (χ4n) is 2.04. The first-order valence-electron chi connectivity index (χ1n) is 6.10. The Morgan fingerprint density at radius 3 is 2.58 bits per heavy atom. The van der Waals surface area contributed by atoms with Crippen LogP contribution in [0.2, 0.25) is 5.02 Å². The van der Waals surface area contributed by atoms with Crippen LogP contribution < -0.4 is 0 Å². The first kappa shape index (κ1) is 11.9. The van der Waals surface area contributed by atoms with E-state index < -0.39 is 0 Å². The number of halogens is 1. The molecule has 0 unspecified atom stereocenters. The van der Waals surface area contributed by atoms with Crippen molar-refractivity contribution >= 4 is 34.7 Å². The molecule has 2 heteroatoms. The second-order valence-electron chi connectivity index (χ2n) is 4.31. The van der Waals surface area contributed by atoms with Gasteiger partial charge in [0.05, 0.1) is 5.52 Å². The van der Waals surface area contributed by atoms with Gasteiger partial charge in [-0.3, -0.25) is 4.98 Å². The molecule has 0 bridgehead atoms. The minimum atomic E-state index is 0.712. The van der Waals surface area contributed by atoms with Crippen LogP contribution in [0.5, 0.6) is 0 Å². The third-order valence-electron chi connectivity index (χ3n) is 2.99. The lowest BCUT2D eigenvalue weighted by Crippen LogP contribution is -1.82. The topological polar surface area (TPSA) is 12.9 Å². The molecule has 0 saturated carbocycles. The maximum Gasteiger partial charge on any atom is 0.0722 e. The minimum Gasteiger partial charge on any atom is -0.256 e. The summed E-state index contributed by atoms with van der Waals surface area (Å²) in [5.74, 6) is 0. The van der Waals surface area contributed by atoms with Crippen LogP contribution in [0.4, 0.5) is 0 Å². The summed E-state index contributed by atoms with van der Waals surface area (Å²) in [5, 5.41) is 1.82. The summed E-state index contributed by atoms with van der Waals surface area (Å²) >= 11 is 5.99. The molecule has 0 aliphatic heterocycles. The number of benzene rings is 2. The molecule has 0 aliphatic carbocycles. The fourth-order valence-corrected chi connectivity index (χ4v) is 2.21. The average Bonchev–Trinajstić information content (AvgIpc) is 2.45. The number of pyridine rings is 1. The van der Waals surface area contributed by atoms with Crippen molar-refractivity contribution in [2.45, 2.75) is 0 Å². The van der Waals surface area contributed by atoms with E-state index in [-0.39, 0.29) is 0 Å². The molecule has 0 N–H and O–H groups in total. The van der Waals surface area contributed by atoms with Crippen molar-refractivity contribution in [1.82, 2.24) is 4.98 Å². The van der Waals surface area contributed by atoms with E-state index in [9.17, 15) is 0 Å². The predicted octanol–water partition coefficient (Wildman–Crippen LogP) is 5.06. The molecular formula is C17H12ClN. The van der Waals surface area contributed by atoms with Gasteiger partial charge in [0.2, 0.25) is 0 Å². The van der Waals surface area contributed by atoms with Crippen molar-refractivity contribution in [3.05, 3.63) is 76.9 Å². The third-order valence-corrected chi connectivity index (χ3v) is 3.23. The van der Waals surface area contributed by atoms with Crippen molar-refractivity contribution in [2.24, 2.45) is 0 Å². The van der Waals surface area contributed by atoms with Crippen molar-refractivity contribution < 1.29 is 0 Å². The second-order valence-corrected chi connectivity index (χ2v) is 4.74. The maximum atomic E-state index is 5.99. The summed E-state index contributed by atoms with van der Waals surface area (Å²) in [4.78, 5) is 4.34. The van der Waals surface area contributed by atoms with Crippen LogP contribution in [0, 0.1) is 0 Å². The van der Waals surface area contributed by atoms with Crippen molar-refractivity contribution in [3.8, 4) is 0 Å². The van der Waals surface area contributed by atoms with Crippen LogP contribution in [-0.4, -0.2) is 4.98 Å². The zero-order chi connectivity index (χ0) is 13.1. The Morgan fingerprint density at radius 1 is 0.895 bits per heavy atom. The standard InChI is InChI=1S/C17H12ClN/c18-15-8-9-16-14(10-11-19-17(16)12-15)7-6-13-4-2-1-3-5-13/h1-12H/b7-6+. The minimum absolute atomic E-state index is 0.712. The number of fused-ring (bicyclic) bond motifs is 1. The quantitative estimate of drug-likeness (QED) is 0.631. The second kappa shape index (κ2) is 5.25. The predicted molar refractivity (Wildman–Crippen MR) is 82.1 cm³/mol. The van der Waals surface area contributed by atoms with E-state index in [1.165, 1.54) is 5.56 Å². The summed E-state index contributed by atoms with van der Waals surface area (Å²) in [7, 11) is 0. The van der Waals surface area contributed by atoms with E-state index in [1.807, 2.05) is 48.7 Å². The Hall–Kier alpha value is -2.12. The summed E-state index contributed by atoms with van der Waals surface area (Å²) < 4.78 is 0. The number of rotatable bonds is 2. The van der Waals surface area contributed by atoms with Crippen LogP contribution in [0.25, 0.3) is 23.1 Å². The first-order valence-corrected chi connectivity index (χ1v) is 6.48. The monoisotopic (exact) mass is 265 g/mol. The molecular weight excluding hydrogens is 254 g/mol. The highest BCUT2D eigenvalue weighted by molar-refractivity contribution is 6.31. The lowest BCUT2D eigenvalue weighted by molar-refractivity contribution is 1.41. The smallest absolute Gasteiger partial charge is 0.0722 e. The van der Waals surface area contributed by atoms with E-state index in [0.717, 1.165) is 16.5 Å². The molecule has 0 spiro atoms. The summed E-state index contributed by atoms with van der Waals surface area (Å²) in [5.41, 5.74) is 3.25. The van der Waals surface area contributed by atoms with Gasteiger partial charge in [-0.2, -0.15) is 0 Å². The van der Waals surface area contributed by atoms with Gasteiger partial charge in [0, 0.05) is 16.6 Å². The number of nitrogens with zero attached hydrogens (tertiary/aromatic N) is 1. The van der Waals surface area contributed by atoms with E-state index in [4.69, 9.17) is 11.6 Å². The molecule has 0 aliphatic rings. The lowest BCUT2D eigenvalue weighted by atomic mass is 10.1. The van der Waals surface area contributed by atoms with Gasteiger partial charge < -0.3 is 0 Å². The highest BCUT2D eigenvalue weighted by Gasteiger charge is 1.99. The van der Waals surface area contributed by atoms with Crippen molar-refractivity contribution in [1.29, 1.82) is 0 Å². The molecule has 92 valence electrons. The summed E-state index contributed by atoms with van der Waals surface area (Å²) in [6.45, 7) is 0. The summed E-state index contributed by atoms with van der Waals surface area (Å²) in [6.07, 6.45) is 6.01. The van der Waals surface area contributed by atoms with Crippen LogP contribution >= 0.6 is 11.6 Å². The number of hydrogen-bond acceptors (Lipinski definition) is 1. The first-order chi connectivity index (χ1) is 9.33. The molecule has 0 fully saturated rings. The normalized spacial score (nSPS) is 11.2. The molecule has 0 atom stereocenters. The summed E-state index contributed by atoms with van der Waals surface area (Å²) in [6, 6.07) is 18.0. The van der Waals surface area contributed by atoms with Gasteiger partial charge in [-0.1, -0.05) is 60.2 Å². The van der Waals surface area contributed by atoms with Gasteiger partial charge in [-0.25, -0.2) is 0 Å². The molecule has 2 aromatic carbocycles. The SMILES string of the molecule is Clc1ccc2c(/C=C/c3ccccc3)ccnc2c1. The van der Waals surface area contributed by atoms with Crippen LogP contribution in [0.3, 0.4) is 0 Å². The van der Waals surface area contributed by atoms with Crippen LogP contribution in [0.1, 0.15) is 11.1 Å². The lowest BCUT2D eigenvalue weighted by Gasteiger charge is -2.02. The zero-order valence-electron chi connectivity index (χ0n) is 10.3. The average molecular weight is 266 g/mol. The van der Waals surface area contributed by atoms with Gasteiger partial charge in [0.25, 0.3) is 0 Å². The van der Waals surface area contributed by atoms with Gasteiger partial charge in [-0.15, -0.1) is 0 Å². The Balaban J connectivity index is 2.04. The largest absolute Gasteiger partial charge is 0.256 e. The zero-order valence-corrected chi connectivity index (χ0v) is 11.0. The molecule has 1 heterocycles. The van der Waals surface area contributed by atoms with Gasteiger partial charge >= 0.3 is 0 Å².